The Bertz CT molecular complexity index is 758. The van der Waals surface area contributed by atoms with Crippen LogP contribution < -0.4 is 16.0 Å². The van der Waals surface area contributed by atoms with Gasteiger partial charge in [-0.05, 0) is 38.8 Å². The minimum Gasteiger partial charge on any atom is -0.444 e. The Labute approximate surface area is 166 Å². The fourth-order valence-electron chi connectivity index (χ4n) is 2.66. The van der Waals surface area contributed by atoms with Crippen molar-refractivity contribution in [2.45, 2.75) is 51.9 Å². The van der Waals surface area contributed by atoms with Crippen LogP contribution in [0.5, 0.6) is 0 Å². The van der Waals surface area contributed by atoms with Crippen LogP contribution in [0.4, 0.5) is 9.59 Å². The van der Waals surface area contributed by atoms with Crippen molar-refractivity contribution in [2.75, 3.05) is 0 Å². The lowest BCUT2D eigenvalue weighted by molar-refractivity contribution is 0.0498. The third kappa shape index (κ3) is 7.70. The molecule has 0 aliphatic carbocycles. The van der Waals surface area contributed by atoms with Crippen LogP contribution in [0.1, 0.15) is 44.9 Å². The molecular weight excluding hydrogens is 354 g/mol. The molecule has 0 saturated carbocycles. The SMILES string of the molecule is C[C@H](NC(=O)N[C@H](Cc1ccccc1)NC(=O)OC(C)(C)C)c1ccccc1. The normalized spacial score (nSPS) is 13.1. The van der Waals surface area contributed by atoms with E-state index in [0.29, 0.717) is 6.42 Å². The van der Waals surface area contributed by atoms with Crippen molar-refractivity contribution in [3.8, 4) is 0 Å². The van der Waals surface area contributed by atoms with Gasteiger partial charge in [-0.3, -0.25) is 0 Å². The van der Waals surface area contributed by atoms with Gasteiger partial charge in [0.1, 0.15) is 11.8 Å². The lowest BCUT2D eigenvalue weighted by Gasteiger charge is -2.25. The van der Waals surface area contributed by atoms with Gasteiger partial charge in [0.2, 0.25) is 0 Å². The van der Waals surface area contributed by atoms with Crippen molar-refractivity contribution >= 4 is 12.1 Å². The van der Waals surface area contributed by atoms with Gasteiger partial charge in [0.15, 0.2) is 0 Å². The summed E-state index contributed by atoms with van der Waals surface area (Å²) in [6.07, 6.45) is -0.752. The average molecular weight is 383 g/mol. The summed E-state index contributed by atoms with van der Waals surface area (Å²) in [7, 11) is 0. The summed E-state index contributed by atoms with van der Waals surface area (Å²) < 4.78 is 5.32. The first-order chi connectivity index (χ1) is 13.2. The molecule has 3 amide bonds. The second-order valence-electron chi connectivity index (χ2n) is 7.64. The molecule has 0 aliphatic heterocycles. The van der Waals surface area contributed by atoms with Crippen molar-refractivity contribution in [1.82, 2.24) is 16.0 Å². The third-order valence-electron chi connectivity index (χ3n) is 3.93. The van der Waals surface area contributed by atoms with Crippen LogP contribution in [0, 0.1) is 0 Å². The monoisotopic (exact) mass is 383 g/mol. The molecule has 0 fully saturated rings. The fourth-order valence-corrected chi connectivity index (χ4v) is 2.66. The molecule has 3 N–H and O–H groups in total. The van der Waals surface area contributed by atoms with Crippen LogP contribution in [0.3, 0.4) is 0 Å². The maximum atomic E-state index is 12.5. The maximum Gasteiger partial charge on any atom is 0.409 e. The molecule has 6 nitrogen and oxygen atoms in total. The molecule has 0 aliphatic rings. The van der Waals surface area contributed by atoms with E-state index in [2.05, 4.69) is 16.0 Å². The number of carbonyl (C=O) groups is 2. The van der Waals surface area contributed by atoms with Gasteiger partial charge >= 0.3 is 12.1 Å². The Hall–Kier alpha value is -3.02. The number of nitrogens with one attached hydrogen (secondary N) is 3. The summed E-state index contributed by atoms with van der Waals surface area (Å²) in [5.74, 6) is 0. The van der Waals surface area contributed by atoms with Gasteiger partial charge in [0.05, 0.1) is 6.04 Å². The van der Waals surface area contributed by atoms with Gasteiger partial charge in [-0.1, -0.05) is 60.7 Å². The fraction of sp³-hybridized carbons (Fsp3) is 0.364. The van der Waals surface area contributed by atoms with E-state index in [1.807, 2.05) is 67.6 Å². The van der Waals surface area contributed by atoms with Crippen molar-refractivity contribution in [3.63, 3.8) is 0 Å². The van der Waals surface area contributed by atoms with E-state index in [4.69, 9.17) is 4.74 Å². The molecule has 2 rings (SSSR count). The highest BCUT2D eigenvalue weighted by molar-refractivity contribution is 5.76. The van der Waals surface area contributed by atoms with E-state index < -0.39 is 17.9 Å². The number of ether oxygens (including phenoxy) is 1. The molecule has 0 unspecified atom stereocenters. The van der Waals surface area contributed by atoms with E-state index in [1.165, 1.54) is 0 Å². The smallest absolute Gasteiger partial charge is 0.409 e. The summed E-state index contributed by atoms with van der Waals surface area (Å²) in [6, 6.07) is 18.8. The zero-order valence-corrected chi connectivity index (χ0v) is 16.9. The van der Waals surface area contributed by atoms with Crippen LogP contribution in [0.2, 0.25) is 0 Å². The molecule has 2 aromatic rings. The molecule has 0 spiro atoms. The Kier molecular flexibility index (Phi) is 7.44. The quantitative estimate of drug-likeness (QED) is 0.656. The largest absolute Gasteiger partial charge is 0.444 e. The topological polar surface area (TPSA) is 79.5 Å². The Morgan fingerprint density at radius 2 is 1.46 bits per heavy atom. The maximum absolute atomic E-state index is 12.5. The van der Waals surface area contributed by atoms with Gasteiger partial charge < -0.3 is 20.7 Å². The molecule has 0 bridgehead atoms. The molecular formula is C22H29N3O3. The van der Waals surface area contributed by atoms with Crippen molar-refractivity contribution in [3.05, 3.63) is 71.8 Å². The van der Waals surface area contributed by atoms with Crippen LogP contribution in [-0.2, 0) is 11.2 Å². The van der Waals surface area contributed by atoms with Crippen LogP contribution in [0.25, 0.3) is 0 Å². The summed E-state index contributed by atoms with van der Waals surface area (Å²) in [5, 5.41) is 8.45. The number of amides is 3. The lowest BCUT2D eigenvalue weighted by Crippen LogP contribution is -2.53. The van der Waals surface area contributed by atoms with Gasteiger partial charge in [-0.15, -0.1) is 0 Å². The molecule has 2 atom stereocenters. The first-order valence-corrected chi connectivity index (χ1v) is 9.38. The minimum absolute atomic E-state index is 0.167. The number of alkyl carbamates (subject to hydrolysis) is 1. The van der Waals surface area contributed by atoms with Crippen molar-refractivity contribution in [1.29, 1.82) is 0 Å². The molecule has 0 saturated heterocycles. The second kappa shape index (κ2) is 9.78. The van der Waals surface area contributed by atoms with Crippen molar-refractivity contribution < 1.29 is 14.3 Å². The van der Waals surface area contributed by atoms with E-state index in [1.54, 1.807) is 20.8 Å². The van der Waals surface area contributed by atoms with Crippen molar-refractivity contribution in [2.24, 2.45) is 0 Å². The highest BCUT2D eigenvalue weighted by Gasteiger charge is 2.21. The highest BCUT2D eigenvalue weighted by Crippen LogP contribution is 2.11. The highest BCUT2D eigenvalue weighted by atomic mass is 16.6. The number of carbonyl (C=O) groups excluding carboxylic acids is 2. The number of hydrogen-bond acceptors (Lipinski definition) is 3. The number of benzene rings is 2. The Morgan fingerprint density at radius 1 is 0.893 bits per heavy atom. The van der Waals surface area contributed by atoms with Gasteiger partial charge in [0, 0.05) is 6.42 Å². The third-order valence-corrected chi connectivity index (χ3v) is 3.93. The van der Waals surface area contributed by atoms with Gasteiger partial charge in [-0.2, -0.15) is 0 Å². The van der Waals surface area contributed by atoms with E-state index in [-0.39, 0.29) is 12.1 Å². The average Bonchev–Trinajstić information content (AvgIpc) is 2.61. The molecule has 6 heteroatoms. The second-order valence-corrected chi connectivity index (χ2v) is 7.64. The summed E-state index contributed by atoms with van der Waals surface area (Å²) in [6.45, 7) is 7.28. The molecule has 150 valence electrons. The number of hydrogen-bond donors (Lipinski definition) is 3. The van der Waals surface area contributed by atoms with E-state index >= 15 is 0 Å². The van der Waals surface area contributed by atoms with E-state index in [9.17, 15) is 9.59 Å². The molecule has 0 heterocycles. The summed E-state index contributed by atoms with van der Waals surface area (Å²) in [4.78, 5) is 24.7. The summed E-state index contributed by atoms with van der Waals surface area (Å²) in [5.41, 5.74) is 1.36. The summed E-state index contributed by atoms with van der Waals surface area (Å²) >= 11 is 0. The molecule has 0 radical (unpaired) electrons. The predicted octanol–water partition coefficient (Wildman–Crippen LogP) is 4.14. The standard InChI is InChI=1S/C22H29N3O3/c1-16(18-13-9-6-10-14-18)23-20(26)24-19(15-17-11-7-5-8-12-17)25-21(27)28-22(2,3)4/h5-14,16,19H,15H2,1-4H3,(H,25,27)(H2,23,24,26)/t16-,19-/m0/s1. The lowest BCUT2D eigenvalue weighted by atomic mass is 10.1. The first kappa shape index (κ1) is 21.3. The Morgan fingerprint density at radius 3 is 2.04 bits per heavy atom. The molecule has 2 aromatic carbocycles. The molecule has 28 heavy (non-hydrogen) atoms. The predicted molar refractivity (Wildman–Crippen MR) is 110 cm³/mol. The first-order valence-electron chi connectivity index (χ1n) is 9.38. The minimum atomic E-state index is -0.620. The van der Waals surface area contributed by atoms with Crippen LogP contribution in [0.15, 0.2) is 60.7 Å². The Balaban J connectivity index is 2.01. The number of urea groups is 1. The van der Waals surface area contributed by atoms with Gasteiger partial charge in [-0.25, -0.2) is 9.59 Å². The van der Waals surface area contributed by atoms with E-state index in [0.717, 1.165) is 11.1 Å². The zero-order chi connectivity index (χ0) is 20.6. The zero-order valence-electron chi connectivity index (χ0n) is 16.9. The van der Waals surface area contributed by atoms with Gasteiger partial charge in [0.25, 0.3) is 0 Å². The molecule has 0 aromatic heterocycles. The van der Waals surface area contributed by atoms with Crippen LogP contribution in [-0.4, -0.2) is 23.9 Å². The van der Waals surface area contributed by atoms with Crippen LogP contribution >= 0.6 is 0 Å². The number of rotatable bonds is 6.